The van der Waals surface area contributed by atoms with Crippen molar-refractivity contribution in [2.24, 2.45) is 5.73 Å². The maximum absolute atomic E-state index is 13.0. The Morgan fingerprint density at radius 2 is 1.90 bits per heavy atom. The Morgan fingerprint density at radius 3 is 2.50 bits per heavy atom. The van der Waals surface area contributed by atoms with Crippen LogP contribution in [0.1, 0.15) is 39.6 Å². The van der Waals surface area contributed by atoms with Gasteiger partial charge in [-0.25, -0.2) is 0 Å². The molecular weight excluding hydrogens is 400 g/mol. The zero-order valence-electron chi connectivity index (χ0n) is 16.7. The molecule has 4 rings (SSSR count). The number of hydrogen-bond acceptors (Lipinski definition) is 4. The van der Waals surface area contributed by atoms with Crippen molar-refractivity contribution in [3.8, 4) is 0 Å². The van der Waals surface area contributed by atoms with E-state index in [1.165, 1.54) is 0 Å². The summed E-state index contributed by atoms with van der Waals surface area (Å²) in [6.07, 6.45) is 6.69. The fraction of sp³-hybridized carbons (Fsp3) is 0.217. The molecule has 0 radical (unpaired) electrons. The highest BCUT2D eigenvalue weighted by atomic mass is 35.5. The molecule has 1 unspecified atom stereocenters. The van der Waals surface area contributed by atoms with E-state index in [9.17, 15) is 9.59 Å². The first kappa shape index (κ1) is 21.5. The van der Waals surface area contributed by atoms with Gasteiger partial charge < -0.3 is 10.6 Å². The van der Waals surface area contributed by atoms with Gasteiger partial charge in [-0.2, -0.15) is 0 Å². The molecule has 0 saturated heterocycles. The number of rotatable bonds is 4. The molecule has 2 N–H and O–H groups in total. The number of benzene rings is 1. The number of aryl methyl sites for hydroxylation is 2. The molecule has 2 heterocycles. The fourth-order valence-electron chi connectivity index (χ4n) is 3.56. The van der Waals surface area contributed by atoms with Gasteiger partial charge >= 0.3 is 0 Å². The summed E-state index contributed by atoms with van der Waals surface area (Å²) in [5.74, 6) is -0.764. The van der Waals surface area contributed by atoms with Crippen LogP contribution < -0.4 is 5.73 Å². The third kappa shape index (κ3) is 5.21. The van der Waals surface area contributed by atoms with Crippen molar-refractivity contribution in [3.63, 3.8) is 0 Å². The van der Waals surface area contributed by atoms with Crippen molar-refractivity contribution in [2.45, 2.75) is 25.8 Å². The molecule has 1 aliphatic rings. The molecule has 1 aliphatic carbocycles. The molecule has 0 spiro atoms. The van der Waals surface area contributed by atoms with Crippen molar-refractivity contribution in [1.29, 1.82) is 0 Å². The van der Waals surface area contributed by atoms with Crippen LogP contribution in [0.5, 0.6) is 0 Å². The lowest BCUT2D eigenvalue weighted by molar-refractivity contribution is -0.119. The summed E-state index contributed by atoms with van der Waals surface area (Å²) in [7, 11) is 0. The number of nitrogens with zero attached hydrogens (tertiary/aromatic N) is 3. The Kier molecular flexibility index (Phi) is 7.14. The lowest BCUT2D eigenvalue weighted by Gasteiger charge is -2.29. The van der Waals surface area contributed by atoms with E-state index < -0.39 is 5.91 Å². The van der Waals surface area contributed by atoms with Crippen molar-refractivity contribution in [3.05, 3.63) is 94.5 Å². The van der Waals surface area contributed by atoms with Gasteiger partial charge in [-0.05, 0) is 67.3 Å². The molecular formula is C23H23ClN4O2. The van der Waals surface area contributed by atoms with Gasteiger partial charge in [0.25, 0.3) is 5.91 Å². The van der Waals surface area contributed by atoms with Crippen LogP contribution in [0, 0.1) is 6.92 Å². The van der Waals surface area contributed by atoms with E-state index in [-0.39, 0.29) is 18.5 Å². The van der Waals surface area contributed by atoms with Crippen LogP contribution in [0.3, 0.4) is 0 Å². The van der Waals surface area contributed by atoms with Gasteiger partial charge in [0.1, 0.15) is 6.54 Å². The van der Waals surface area contributed by atoms with Gasteiger partial charge in [0.2, 0.25) is 5.91 Å². The van der Waals surface area contributed by atoms with E-state index in [2.05, 4.69) is 9.97 Å². The maximum Gasteiger partial charge on any atom is 0.256 e. The second-order valence-electron chi connectivity index (χ2n) is 6.96. The van der Waals surface area contributed by atoms with Gasteiger partial charge in [0.15, 0.2) is 0 Å². The zero-order chi connectivity index (χ0) is 21.5. The van der Waals surface area contributed by atoms with Gasteiger partial charge in [-0.1, -0.05) is 23.7 Å². The smallest absolute Gasteiger partial charge is 0.256 e. The van der Waals surface area contributed by atoms with Crippen molar-refractivity contribution >= 4 is 23.4 Å². The first-order chi connectivity index (χ1) is 14.5. The summed E-state index contributed by atoms with van der Waals surface area (Å²) in [5.41, 5.74) is 8.64. The Labute approximate surface area is 180 Å². The Bertz CT molecular complexity index is 1000. The number of pyridine rings is 2. The Balaban J connectivity index is 0.000000367. The number of fused-ring (bicyclic) bond motifs is 1. The largest absolute Gasteiger partial charge is 0.368 e. The predicted molar refractivity (Wildman–Crippen MR) is 116 cm³/mol. The van der Waals surface area contributed by atoms with E-state index in [1.807, 2.05) is 30.3 Å². The molecule has 30 heavy (non-hydrogen) atoms. The lowest BCUT2D eigenvalue weighted by atomic mass is 10.0. The van der Waals surface area contributed by atoms with E-state index in [1.54, 1.807) is 48.6 Å². The summed E-state index contributed by atoms with van der Waals surface area (Å²) in [6.45, 7) is 1.65. The number of hydrogen-bond donors (Lipinski definition) is 1. The van der Waals surface area contributed by atoms with Crippen molar-refractivity contribution in [2.75, 3.05) is 6.54 Å². The molecule has 3 aromatic rings. The van der Waals surface area contributed by atoms with Crippen LogP contribution in [0.4, 0.5) is 0 Å². The highest BCUT2D eigenvalue weighted by Gasteiger charge is 2.33. The molecule has 2 amide bonds. The highest BCUT2D eigenvalue weighted by Crippen LogP contribution is 2.37. The first-order valence-electron chi connectivity index (χ1n) is 9.61. The molecule has 2 aromatic heterocycles. The second-order valence-corrected chi connectivity index (χ2v) is 7.39. The predicted octanol–water partition coefficient (Wildman–Crippen LogP) is 3.74. The number of aromatic nitrogens is 2. The quantitative estimate of drug-likeness (QED) is 0.693. The van der Waals surface area contributed by atoms with E-state index in [0.29, 0.717) is 16.3 Å². The van der Waals surface area contributed by atoms with Gasteiger partial charge in [-0.15, -0.1) is 0 Å². The lowest BCUT2D eigenvalue weighted by Crippen LogP contribution is -2.40. The Morgan fingerprint density at radius 1 is 1.13 bits per heavy atom. The molecule has 0 fully saturated rings. The number of halogens is 1. The van der Waals surface area contributed by atoms with Crippen molar-refractivity contribution < 1.29 is 9.59 Å². The summed E-state index contributed by atoms with van der Waals surface area (Å²) in [6, 6.07) is 14.6. The van der Waals surface area contributed by atoms with Crippen LogP contribution >= 0.6 is 11.6 Å². The Hall–Kier alpha value is -3.25. The average Bonchev–Trinajstić information content (AvgIpc) is 3.16. The molecule has 6 nitrogen and oxygen atoms in total. The highest BCUT2D eigenvalue weighted by molar-refractivity contribution is 6.30. The zero-order valence-corrected chi connectivity index (χ0v) is 17.4. The first-order valence-corrected chi connectivity index (χ1v) is 9.99. The molecule has 0 bridgehead atoms. The van der Waals surface area contributed by atoms with Crippen LogP contribution in [0.25, 0.3) is 0 Å². The number of nitrogens with two attached hydrogens (primary N) is 1. The summed E-state index contributed by atoms with van der Waals surface area (Å²) in [5, 5.41) is 0.672. The summed E-state index contributed by atoms with van der Waals surface area (Å²) >= 11 is 6.05. The van der Waals surface area contributed by atoms with Gasteiger partial charge in [0.05, 0.1) is 11.6 Å². The SMILES string of the molecule is Cc1ncccc1C(=O)N(CC(N)=O)C1CCc2cc(Cl)ccc21.c1ccncc1. The topological polar surface area (TPSA) is 89.2 Å². The van der Waals surface area contributed by atoms with Gasteiger partial charge in [0, 0.05) is 29.3 Å². The molecule has 0 saturated carbocycles. The number of primary amides is 1. The molecule has 1 aromatic carbocycles. The minimum atomic E-state index is -0.535. The minimum Gasteiger partial charge on any atom is -0.368 e. The van der Waals surface area contributed by atoms with Crippen LogP contribution in [-0.4, -0.2) is 33.2 Å². The minimum absolute atomic E-state index is 0.125. The van der Waals surface area contributed by atoms with Crippen LogP contribution in [-0.2, 0) is 11.2 Å². The van der Waals surface area contributed by atoms with E-state index in [4.69, 9.17) is 17.3 Å². The van der Waals surface area contributed by atoms with E-state index in [0.717, 1.165) is 24.0 Å². The number of carbonyl (C=O) groups is 2. The molecule has 7 heteroatoms. The second kappa shape index (κ2) is 9.98. The van der Waals surface area contributed by atoms with Crippen LogP contribution in [0.2, 0.25) is 5.02 Å². The fourth-order valence-corrected chi connectivity index (χ4v) is 3.75. The number of amides is 2. The summed E-state index contributed by atoms with van der Waals surface area (Å²) < 4.78 is 0. The maximum atomic E-state index is 13.0. The molecule has 1 atom stereocenters. The third-order valence-corrected chi connectivity index (χ3v) is 5.15. The van der Waals surface area contributed by atoms with Crippen molar-refractivity contribution in [1.82, 2.24) is 14.9 Å². The van der Waals surface area contributed by atoms with E-state index >= 15 is 0 Å². The number of carbonyl (C=O) groups excluding carboxylic acids is 2. The molecule has 154 valence electrons. The van der Waals surface area contributed by atoms with Crippen LogP contribution in [0.15, 0.2) is 67.1 Å². The summed E-state index contributed by atoms with van der Waals surface area (Å²) in [4.78, 5) is 34.1. The molecule has 0 aliphatic heterocycles. The normalized spacial score (nSPS) is 14.3. The monoisotopic (exact) mass is 422 g/mol. The van der Waals surface area contributed by atoms with Gasteiger partial charge in [-0.3, -0.25) is 19.6 Å². The standard InChI is InChI=1S/C18H18ClN3O2.C5H5N/c1-11-14(3-2-8-21-11)18(24)22(10-17(20)23)16-7-4-12-9-13(19)5-6-15(12)16;1-2-4-6-5-3-1/h2-3,5-6,8-9,16H,4,7,10H2,1H3,(H2,20,23);1-5H. The third-order valence-electron chi connectivity index (χ3n) is 4.92. The average molecular weight is 423 g/mol.